The molecule has 0 bridgehead atoms. The summed E-state index contributed by atoms with van der Waals surface area (Å²) in [6.45, 7) is 3.95. The predicted molar refractivity (Wildman–Crippen MR) is 67.8 cm³/mol. The fraction of sp³-hybridized carbons (Fsp3) is 0.417. The van der Waals surface area contributed by atoms with Gasteiger partial charge in [0.1, 0.15) is 5.82 Å². The van der Waals surface area contributed by atoms with E-state index in [2.05, 4.69) is 10.6 Å². The summed E-state index contributed by atoms with van der Waals surface area (Å²) in [7, 11) is 0. The third-order valence-corrected chi connectivity index (χ3v) is 2.79. The van der Waals surface area contributed by atoms with Crippen LogP contribution in [0.3, 0.4) is 0 Å². The fourth-order valence-electron chi connectivity index (χ4n) is 1.26. The molecule has 1 aromatic rings. The number of amides is 1. The molecule has 0 aromatic heterocycles. The molecule has 0 aliphatic rings. The Balaban J connectivity index is 2.65. The third-order valence-electron chi connectivity index (χ3n) is 2.49. The van der Waals surface area contributed by atoms with E-state index in [0.717, 1.165) is 12.5 Å². The number of hydrogen-bond acceptors (Lipinski definition) is 2. The van der Waals surface area contributed by atoms with Gasteiger partial charge in [-0.05, 0) is 19.4 Å². The first kappa shape index (κ1) is 14.9. The van der Waals surface area contributed by atoms with Gasteiger partial charge in [0.2, 0.25) is 5.91 Å². The van der Waals surface area contributed by atoms with Gasteiger partial charge in [0.15, 0.2) is 5.82 Å². The molecule has 0 saturated heterocycles. The van der Waals surface area contributed by atoms with Gasteiger partial charge in [-0.15, -0.1) is 0 Å². The largest absolute Gasteiger partial charge is 0.321 e. The van der Waals surface area contributed by atoms with E-state index in [4.69, 9.17) is 11.6 Å². The molecule has 0 aliphatic heterocycles. The summed E-state index contributed by atoms with van der Waals surface area (Å²) in [6, 6.07) is 1.80. The molecule has 0 saturated carbocycles. The maximum atomic E-state index is 13.4. The summed E-state index contributed by atoms with van der Waals surface area (Å²) in [4.78, 5) is 11.5. The Labute approximate surface area is 110 Å². The minimum Gasteiger partial charge on any atom is -0.321 e. The Morgan fingerprint density at radius 3 is 2.67 bits per heavy atom. The molecule has 0 heterocycles. The molecule has 1 rings (SSSR count). The van der Waals surface area contributed by atoms with Gasteiger partial charge in [0.25, 0.3) is 0 Å². The van der Waals surface area contributed by atoms with Crippen LogP contribution in [0.2, 0.25) is 5.02 Å². The molecule has 1 atom stereocenters. The number of carbonyl (C=O) groups is 1. The second-order valence-corrected chi connectivity index (χ2v) is 4.39. The number of nitrogens with one attached hydrogen (secondary N) is 2. The lowest BCUT2D eigenvalue weighted by atomic mass is 10.2. The Hall–Kier alpha value is -1.20. The van der Waals surface area contributed by atoms with Crippen molar-refractivity contribution in [1.82, 2.24) is 5.32 Å². The molecule has 18 heavy (non-hydrogen) atoms. The highest BCUT2D eigenvalue weighted by Gasteiger charge is 2.13. The molecule has 3 nitrogen and oxygen atoms in total. The monoisotopic (exact) mass is 276 g/mol. The van der Waals surface area contributed by atoms with Crippen LogP contribution in [0.25, 0.3) is 0 Å². The molecule has 0 fully saturated rings. The van der Waals surface area contributed by atoms with Crippen molar-refractivity contribution in [1.29, 1.82) is 0 Å². The fourth-order valence-corrected chi connectivity index (χ4v) is 1.50. The zero-order chi connectivity index (χ0) is 13.7. The van der Waals surface area contributed by atoms with Gasteiger partial charge < -0.3 is 10.6 Å². The van der Waals surface area contributed by atoms with Crippen molar-refractivity contribution in [3.63, 3.8) is 0 Å². The first-order valence-corrected chi connectivity index (χ1v) is 5.99. The van der Waals surface area contributed by atoms with Crippen LogP contribution in [0.1, 0.15) is 20.3 Å². The molecule has 2 N–H and O–H groups in total. The number of carbonyl (C=O) groups excluding carboxylic acids is 1. The zero-order valence-corrected chi connectivity index (χ0v) is 10.9. The van der Waals surface area contributed by atoms with Crippen LogP contribution in [-0.4, -0.2) is 18.5 Å². The van der Waals surface area contributed by atoms with Gasteiger partial charge in [-0.3, -0.25) is 4.79 Å². The lowest BCUT2D eigenvalue weighted by Gasteiger charge is -2.12. The highest BCUT2D eigenvalue weighted by molar-refractivity contribution is 6.33. The zero-order valence-electron chi connectivity index (χ0n) is 10.2. The molecule has 1 aromatic carbocycles. The van der Waals surface area contributed by atoms with E-state index in [1.807, 2.05) is 13.8 Å². The highest BCUT2D eigenvalue weighted by Crippen LogP contribution is 2.26. The van der Waals surface area contributed by atoms with E-state index < -0.39 is 17.5 Å². The smallest absolute Gasteiger partial charge is 0.238 e. The third kappa shape index (κ3) is 4.23. The van der Waals surface area contributed by atoms with Gasteiger partial charge in [-0.1, -0.05) is 18.5 Å². The van der Waals surface area contributed by atoms with Crippen molar-refractivity contribution in [2.45, 2.75) is 26.3 Å². The molecule has 1 amide bonds. The summed E-state index contributed by atoms with van der Waals surface area (Å²) in [5, 5.41) is 5.10. The quantitative estimate of drug-likeness (QED) is 0.868. The molecule has 1 unspecified atom stereocenters. The highest BCUT2D eigenvalue weighted by atomic mass is 35.5. The normalized spacial score (nSPS) is 12.3. The van der Waals surface area contributed by atoms with E-state index in [-0.39, 0.29) is 23.3 Å². The van der Waals surface area contributed by atoms with Crippen LogP contribution < -0.4 is 10.6 Å². The molecule has 6 heteroatoms. The van der Waals surface area contributed by atoms with Crippen LogP contribution >= 0.6 is 11.6 Å². The maximum absolute atomic E-state index is 13.4. The van der Waals surface area contributed by atoms with Crippen molar-refractivity contribution < 1.29 is 13.6 Å². The van der Waals surface area contributed by atoms with E-state index >= 15 is 0 Å². The Morgan fingerprint density at radius 1 is 1.44 bits per heavy atom. The number of rotatable bonds is 5. The predicted octanol–water partition coefficient (Wildman–Crippen LogP) is 2.94. The molecule has 0 spiro atoms. The Bertz CT molecular complexity index is 417. The minimum atomic E-state index is -0.892. The average Bonchev–Trinajstić information content (AvgIpc) is 2.30. The van der Waals surface area contributed by atoms with Crippen LogP contribution in [0.15, 0.2) is 12.1 Å². The van der Waals surface area contributed by atoms with Crippen molar-refractivity contribution in [3.05, 3.63) is 28.8 Å². The van der Waals surface area contributed by atoms with E-state index in [9.17, 15) is 13.6 Å². The van der Waals surface area contributed by atoms with Crippen molar-refractivity contribution in [2.24, 2.45) is 0 Å². The Morgan fingerprint density at radius 2 is 2.11 bits per heavy atom. The van der Waals surface area contributed by atoms with E-state index in [1.165, 1.54) is 0 Å². The van der Waals surface area contributed by atoms with Gasteiger partial charge >= 0.3 is 0 Å². The minimum absolute atomic E-state index is 0.0438. The van der Waals surface area contributed by atoms with Crippen LogP contribution in [0.4, 0.5) is 14.5 Å². The van der Waals surface area contributed by atoms with Crippen LogP contribution in [0, 0.1) is 11.6 Å². The molecule has 100 valence electrons. The van der Waals surface area contributed by atoms with E-state index in [0.29, 0.717) is 6.07 Å². The second-order valence-electron chi connectivity index (χ2n) is 3.98. The topological polar surface area (TPSA) is 41.1 Å². The molecule has 0 radical (unpaired) electrons. The number of anilines is 1. The van der Waals surface area contributed by atoms with Crippen LogP contribution in [0.5, 0.6) is 0 Å². The van der Waals surface area contributed by atoms with Gasteiger partial charge in [-0.25, -0.2) is 8.78 Å². The summed E-state index contributed by atoms with van der Waals surface area (Å²) in [6.07, 6.45) is 0.874. The Kier molecular flexibility index (Phi) is 5.50. The molecule has 0 aliphatic carbocycles. The van der Waals surface area contributed by atoms with Gasteiger partial charge in [-0.2, -0.15) is 0 Å². The van der Waals surface area contributed by atoms with Crippen molar-refractivity contribution in [2.75, 3.05) is 11.9 Å². The lowest BCUT2D eigenvalue weighted by Crippen LogP contribution is -2.34. The molecular formula is C12H15ClF2N2O. The summed E-state index contributed by atoms with van der Waals surface area (Å²) in [5.41, 5.74) is -0.200. The summed E-state index contributed by atoms with van der Waals surface area (Å²) >= 11 is 5.65. The number of hydrogen-bond donors (Lipinski definition) is 2. The summed E-state index contributed by atoms with van der Waals surface area (Å²) in [5.74, 6) is -2.10. The molecular weight excluding hydrogens is 262 g/mol. The summed E-state index contributed by atoms with van der Waals surface area (Å²) < 4.78 is 26.2. The standard InChI is InChI=1S/C12H15ClF2N2O/c1-3-7(2)16-6-11(18)17-12-9(13)4-8(14)5-10(12)15/h4-5,7,16H,3,6H2,1-2H3,(H,17,18). The van der Waals surface area contributed by atoms with Crippen molar-refractivity contribution in [3.8, 4) is 0 Å². The second kappa shape index (κ2) is 6.66. The first-order chi connectivity index (χ1) is 8.43. The number of halogens is 3. The van der Waals surface area contributed by atoms with Gasteiger partial charge in [0, 0.05) is 12.1 Å². The SMILES string of the molecule is CCC(C)NCC(=O)Nc1c(F)cc(F)cc1Cl. The van der Waals surface area contributed by atoms with E-state index in [1.54, 1.807) is 0 Å². The first-order valence-electron chi connectivity index (χ1n) is 5.61. The lowest BCUT2D eigenvalue weighted by molar-refractivity contribution is -0.115. The van der Waals surface area contributed by atoms with Crippen LogP contribution in [-0.2, 0) is 4.79 Å². The number of benzene rings is 1. The maximum Gasteiger partial charge on any atom is 0.238 e. The van der Waals surface area contributed by atoms with Gasteiger partial charge in [0.05, 0.1) is 17.3 Å². The van der Waals surface area contributed by atoms with Crippen molar-refractivity contribution >= 4 is 23.2 Å². The average molecular weight is 277 g/mol.